The van der Waals surface area contributed by atoms with E-state index in [1.807, 2.05) is 7.05 Å². The number of aryl methyl sites for hydroxylation is 1. The van der Waals surface area contributed by atoms with Crippen LogP contribution in [-0.4, -0.2) is 12.0 Å². The standard InChI is InChI=1S/C16H22N2/c1-11-7-6-8-13-12(10-17-5)9-14(16(2,3)4)18-15(11)13/h6-9,17H,10H2,1-5H3. The molecule has 0 aliphatic rings. The highest BCUT2D eigenvalue weighted by molar-refractivity contribution is 5.85. The molecule has 0 unspecified atom stereocenters. The second-order valence-corrected chi connectivity index (χ2v) is 5.92. The summed E-state index contributed by atoms with van der Waals surface area (Å²) in [6, 6.07) is 8.63. The zero-order valence-electron chi connectivity index (χ0n) is 12.0. The van der Waals surface area contributed by atoms with Crippen LogP contribution in [0.15, 0.2) is 24.3 Å². The van der Waals surface area contributed by atoms with Gasteiger partial charge in [-0.3, -0.25) is 4.98 Å². The third kappa shape index (κ3) is 2.39. The van der Waals surface area contributed by atoms with E-state index in [0.717, 1.165) is 17.8 Å². The van der Waals surface area contributed by atoms with Gasteiger partial charge in [0.1, 0.15) is 0 Å². The maximum Gasteiger partial charge on any atom is 0.0737 e. The Morgan fingerprint density at radius 3 is 2.56 bits per heavy atom. The van der Waals surface area contributed by atoms with E-state index in [-0.39, 0.29) is 5.41 Å². The minimum absolute atomic E-state index is 0.0823. The first kappa shape index (κ1) is 13.0. The second kappa shape index (κ2) is 4.69. The van der Waals surface area contributed by atoms with Crippen molar-refractivity contribution in [2.45, 2.75) is 39.7 Å². The Morgan fingerprint density at radius 1 is 1.22 bits per heavy atom. The molecule has 0 radical (unpaired) electrons. The SMILES string of the molecule is CNCc1cc(C(C)(C)C)nc2c(C)cccc12. The summed E-state index contributed by atoms with van der Waals surface area (Å²) in [7, 11) is 1.98. The summed E-state index contributed by atoms with van der Waals surface area (Å²) in [6.07, 6.45) is 0. The zero-order valence-corrected chi connectivity index (χ0v) is 12.0. The molecule has 0 atom stereocenters. The molecule has 0 amide bonds. The molecular weight excluding hydrogens is 220 g/mol. The quantitative estimate of drug-likeness (QED) is 0.871. The Kier molecular flexibility index (Phi) is 3.40. The Balaban J connectivity index is 2.75. The van der Waals surface area contributed by atoms with Gasteiger partial charge in [0.15, 0.2) is 0 Å². The van der Waals surface area contributed by atoms with Crippen LogP contribution in [0.3, 0.4) is 0 Å². The number of nitrogens with one attached hydrogen (secondary N) is 1. The molecule has 1 aromatic carbocycles. The molecule has 0 aliphatic heterocycles. The molecule has 96 valence electrons. The Morgan fingerprint density at radius 2 is 1.94 bits per heavy atom. The van der Waals surface area contributed by atoms with Gasteiger partial charge >= 0.3 is 0 Å². The summed E-state index contributed by atoms with van der Waals surface area (Å²) < 4.78 is 0. The number of aromatic nitrogens is 1. The predicted molar refractivity (Wildman–Crippen MR) is 77.9 cm³/mol. The third-order valence-electron chi connectivity index (χ3n) is 3.26. The van der Waals surface area contributed by atoms with Gasteiger partial charge < -0.3 is 5.32 Å². The molecule has 2 nitrogen and oxygen atoms in total. The molecule has 0 spiro atoms. The minimum Gasteiger partial charge on any atom is -0.316 e. The van der Waals surface area contributed by atoms with E-state index in [4.69, 9.17) is 4.98 Å². The molecule has 0 fully saturated rings. The number of rotatable bonds is 2. The smallest absolute Gasteiger partial charge is 0.0737 e. The number of fused-ring (bicyclic) bond motifs is 1. The molecule has 2 aromatic rings. The van der Waals surface area contributed by atoms with Crippen LogP contribution in [0.1, 0.15) is 37.6 Å². The number of hydrogen-bond donors (Lipinski definition) is 1. The van der Waals surface area contributed by atoms with Crippen LogP contribution in [0.4, 0.5) is 0 Å². The maximum absolute atomic E-state index is 4.86. The first-order valence-corrected chi connectivity index (χ1v) is 6.48. The normalized spacial score (nSPS) is 12.1. The predicted octanol–water partition coefficient (Wildman–Crippen LogP) is 3.56. The van der Waals surface area contributed by atoms with Crippen LogP contribution in [0, 0.1) is 6.92 Å². The van der Waals surface area contributed by atoms with Crippen molar-refractivity contribution >= 4 is 10.9 Å². The monoisotopic (exact) mass is 242 g/mol. The van der Waals surface area contributed by atoms with Crippen LogP contribution in [0.5, 0.6) is 0 Å². The van der Waals surface area contributed by atoms with Crippen molar-refractivity contribution in [3.63, 3.8) is 0 Å². The van der Waals surface area contributed by atoms with E-state index in [1.54, 1.807) is 0 Å². The number of para-hydroxylation sites is 1. The van der Waals surface area contributed by atoms with E-state index >= 15 is 0 Å². The van der Waals surface area contributed by atoms with Gasteiger partial charge in [0, 0.05) is 23.0 Å². The molecule has 0 bridgehead atoms. The summed E-state index contributed by atoms with van der Waals surface area (Å²) in [5, 5.41) is 4.51. The lowest BCUT2D eigenvalue weighted by atomic mass is 9.89. The summed E-state index contributed by atoms with van der Waals surface area (Å²) in [6.45, 7) is 9.64. The highest BCUT2D eigenvalue weighted by Gasteiger charge is 2.18. The number of benzene rings is 1. The first-order chi connectivity index (χ1) is 8.43. The molecule has 0 saturated heterocycles. The van der Waals surface area contributed by atoms with Crippen molar-refractivity contribution in [2.24, 2.45) is 0 Å². The molecule has 0 saturated carbocycles. The average molecular weight is 242 g/mol. The fourth-order valence-electron chi connectivity index (χ4n) is 2.18. The number of nitrogens with zero attached hydrogens (tertiary/aromatic N) is 1. The van der Waals surface area contributed by atoms with E-state index < -0.39 is 0 Å². The van der Waals surface area contributed by atoms with Crippen molar-refractivity contribution in [1.82, 2.24) is 10.3 Å². The van der Waals surface area contributed by atoms with Gasteiger partial charge in [0.05, 0.1) is 5.52 Å². The van der Waals surface area contributed by atoms with Crippen LogP contribution < -0.4 is 5.32 Å². The summed E-state index contributed by atoms with van der Waals surface area (Å²) >= 11 is 0. The van der Waals surface area contributed by atoms with Gasteiger partial charge in [-0.2, -0.15) is 0 Å². The molecule has 1 aromatic heterocycles. The van der Waals surface area contributed by atoms with Gasteiger partial charge in [0.2, 0.25) is 0 Å². The molecule has 2 heteroatoms. The van der Waals surface area contributed by atoms with Crippen molar-refractivity contribution in [2.75, 3.05) is 7.05 Å². The first-order valence-electron chi connectivity index (χ1n) is 6.48. The van der Waals surface area contributed by atoms with Crippen LogP contribution >= 0.6 is 0 Å². The van der Waals surface area contributed by atoms with Crippen LogP contribution in [-0.2, 0) is 12.0 Å². The maximum atomic E-state index is 4.86. The van der Waals surface area contributed by atoms with E-state index in [0.29, 0.717) is 0 Å². The Bertz CT molecular complexity index is 565. The van der Waals surface area contributed by atoms with Crippen molar-refractivity contribution in [1.29, 1.82) is 0 Å². The average Bonchev–Trinajstić information content (AvgIpc) is 2.29. The van der Waals surface area contributed by atoms with Gasteiger partial charge in [-0.25, -0.2) is 0 Å². The molecule has 1 heterocycles. The molecule has 1 N–H and O–H groups in total. The molecule has 18 heavy (non-hydrogen) atoms. The topological polar surface area (TPSA) is 24.9 Å². The van der Waals surface area contributed by atoms with E-state index in [9.17, 15) is 0 Å². The lowest BCUT2D eigenvalue weighted by Crippen LogP contribution is -2.16. The molecule has 0 aliphatic carbocycles. The summed E-state index contributed by atoms with van der Waals surface area (Å²) in [5.41, 5.74) is 4.95. The third-order valence-corrected chi connectivity index (χ3v) is 3.26. The minimum atomic E-state index is 0.0823. The van der Waals surface area contributed by atoms with Crippen LogP contribution in [0.25, 0.3) is 10.9 Å². The van der Waals surface area contributed by atoms with E-state index in [2.05, 4.69) is 57.3 Å². The fraction of sp³-hybridized carbons (Fsp3) is 0.438. The summed E-state index contributed by atoms with van der Waals surface area (Å²) in [5.74, 6) is 0. The number of hydrogen-bond acceptors (Lipinski definition) is 2. The Hall–Kier alpha value is -1.41. The lowest BCUT2D eigenvalue weighted by Gasteiger charge is -2.20. The molecule has 2 rings (SSSR count). The van der Waals surface area contributed by atoms with Crippen molar-refractivity contribution in [3.8, 4) is 0 Å². The van der Waals surface area contributed by atoms with Gasteiger partial charge in [-0.15, -0.1) is 0 Å². The van der Waals surface area contributed by atoms with Crippen molar-refractivity contribution in [3.05, 3.63) is 41.1 Å². The zero-order chi connectivity index (χ0) is 13.3. The van der Waals surface area contributed by atoms with Gasteiger partial charge in [-0.05, 0) is 31.2 Å². The molecular formula is C16H22N2. The van der Waals surface area contributed by atoms with Gasteiger partial charge in [-0.1, -0.05) is 39.0 Å². The lowest BCUT2D eigenvalue weighted by molar-refractivity contribution is 0.570. The van der Waals surface area contributed by atoms with Crippen molar-refractivity contribution < 1.29 is 0 Å². The summed E-state index contributed by atoms with van der Waals surface area (Å²) in [4.78, 5) is 4.86. The highest BCUT2D eigenvalue weighted by atomic mass is 14.8. The van der Waals surface area contributed by atoms with Crippen LogP contribution in [0.2, 0.25) is 0 Å². The van der Waals surface area contributed by atoms with Gasteiger partial charge in [0.25, 0.3) is 0 Å². The van der Waals surface area contributed by atoms with E-state index in [1.165, 1.54) is 16.5 Å². The largest absolute Gasteiger partial charge is 0.316 e. The fourth-order valence-corrected chi connectivity index (χ4v) is 2.18. The number of pyridine rings is 1. The Labute approximate surface area is 109 Å². The second-order valence-electron chi connectivity index (χ2n) is 5.92. The highest BCUT2D eigenvalue weighted by Crippen LogP contribution is 2.27.